The molecule has 6 heteroatoms. The first-order chi connectivity index (χ1) is 10.8. The van der Waals surface area contributed by atoms with E-state index in [4.69, 9.17) is 14.5 Å². The molecule has 0 amide bonds. The van der Waals surface area contributed by atoms with Crippen LogP contribution in [0.5, 0.6) is 11.5 Å². The average molecular weight is 431 g/mol. The van der Waals surface area contributed by atoms with Gasteiger partial charge in [-0.05, 0) is 37.0 Å². The monoisotopic (exact) mass is 431 g/mol. The minimum atomic E-state index is 0. The second-order valence-corrected chi connectivity index (χ2v) is 6.01. The number of aliphatic imine (C=N–C) groups is 1. The highest BCUT2D eigenvalue weighted by Gasteiger charge is 2.20. The zero-order valence-electron chi connectivity index (χ0n) is 13.9. The molecule has 1 aliphatic heterocycles. The van der Waals surface area contributed by atoms with Crippen LogP contribution in [-0.2, 0) is 6.54 Å². The van der Waals surface area contributed by atoms with Gasteiger partial charge in [-0.1, -0.05) is 18.9 Å². The van der Waals surface area contributed by atoms with Crippen molar-refractivity contribution in [3.63, 3.8) is 0 Å². The molecule has 1 saturated carbocycles. The fraction of sp³-hybridized carbons (Fsp3) is 0.588. The van der Waals surface area contributed by atoms with Crippen molar-refractivity contribution in [2.24, 2.45) is 10.9 Å². The summed E-state index contributed by atoms with van der Waals surface area (Å²) in [7, 11) is 2.07. The van der Waals surface area contributed by atoms with Gasteiger partial charge in [-0.3, -0.25) is 4.99 Å². The van der Waals surface area contributed by atoms with Crippen molar-refractivity contribution >= 4 is 29.9 Å². The Labute approximate surface area is 155 Å². The first-order valence-electron chi connectivity index (χ1n) is 8.14. The summed E-state index contributed by atoms with van der Waals surface area (Å²) in [5.74, 6) is 3.56. The van der Waals surface area contributed by atoms with Crippen molar-refractivity contribution in [3.05, 3.63) is 23.8 Å². The van der Waals surface area contributed by atoms with Crippen LogP contribution in [0.1, 0.15) is 31.7 Å². The van der Waals surface area contributed by atoms with Crippen LogP contribution in [0.4, 0.5) is 0 Å². The number of guanidine groups is 1. The number of ether oxygens (including phenoxy) is 2. The van der Waals surface area contributed by atoms with Crippen LogP contribution < -0.4 is 14.8 Å². The van der Waals surface area contributed by atoms with E-state index in [2.05, 4.69) is 30.3 Å². The highest BCUT2D eigenvalue weighted by Crippen LogP contribution is 2.33. The Hall–Kier alpha value is -1.18. The summed E-state index contributed by atoms with van der Waals surface area (Å²) >= 11 is 0. The highest BCUT2D eigenvalue weighted by molar-refractivity contribution is 14.0. The van der Waals surface area contributed by atoms with Gasteiger partial charge >= 0.3 is 0 Å². The topological polar surface area (TPSA) is 46.1 Å². The minimum absolute atomic E-state index is 0. The number of nitrogens with zero attached hydrogens (tertiary/aromatic N) is 2. The zero-order chi connectivity index (χ0) is 15.4. The number of rotatable bonds is 6. The number of halogens is 1. The summed E-state index contributed by atoms with van der Waals surface area (Å²) in [6.07, 6.45) is 3.99. The van der Waals surface area contributed by atoms with E-state index in [1.54, 1.807) is 0 Å². The molecule has 1 aromatic rings. The number of nitrogens with one attached hydrogen (secondary N) is 1. The molecule has 2 aliphatic rings. The Kier molecular flexibility index (Phi) is 6.80. The molecule has 0 bridgehead atoms. The molecule has 1 aliphatic carbocycles. The van der Waals surface area contributed by atoms with Crippen molar-refractivity contribution in [2.75, 3.05) is 26.9 Å². The van der Waals surface area contributed by atoms with E-state index in [1.165, 1.54) is 24.8 Å². The fourth-order valence-corrected chi connectivity index (χ4v) is 2.62. The van der Waals surface area contributed by atoms with E-state index in [-0.39, 0.29) is 24.0 Å². The molecule has 0 unspecified atom stereocenters. The summed E-state index contributed by atoms with van der Waals surface area (Å²) in [6.45, 7) is 5.02. The van der Waals surface area contributed by atoms with E-state index in [0.29, 0.717) is 6.79 Å². The van der Waals surface area contributed by atoms with Gasteiger partial charge < -0.3 is 19.7 Å². The van der Waals surface area contributed by atoms with Gasteiger partial charge in [-0.2, -0.15) is 0 Å². The van der Waals surface area contributed by atoms with Gasteiger partial charge in [0.2, 0.25) is 6.79 Å². The quantitative estimate of drug-likeness (QED) is 0.427. The van der Waals surface area contributed by atoms with Gasteiger partial charge in [0.05, 0.1) is 0 Å². The molecule has 5 nitrogen and oxygen atoms in total. The van der Waals surface area contributed by atoms with Crippen molar-refractivity contribution < 1.29 is 9.47 Å². The van der Waals surface area contributed by atoms with Gasteiger partial charge in [0, 0.05) is 26.7 Å². The highest BCUT2D eigenvalue weighted by atomic mass is 127. The first-order valence-corrected chi connectivity index (χ1v) is 8.14. The van der Waals surface area contributed by atoms with E-state index >= 15 is 0 Å². The lowest BCUT2D eigenvalue weighted by Crippen LogP contribution is -2.38. The summed E-state index contributed by atoms with van der Waals surface area (Å²) < 4.78 is 10.8. The largest absolute Gasteiger partial charge is 0.454 e. The molecule has 128 valence electrons. The SMILES string of the molecule is CCNC(=NCCC1CC1)N(C)Cc1ccc2c(c1)OCO2.I. The van der Waals surface area contributed by atoms with Crippen LogP contribution in [-0.4, -0.2) is 37.8 Å². The van der Waals surface area contributed by atoms with E-state index in [0.717, 1.165) is 43.0 Å². The predicted molar refractivity (Wildman–Crippen MR) is 103 cm³/mol. The second-order valence-electron chi connectivity index (χ2n) is 6.01. The number of benzene rings is 1. The third-order valence-electron chi connectivity index (χ3n) is 4.05. The van der Waals surface area contributed by atoms with Gasteiger partial charge in [-0.25, -0.2) is 0 Å². The molecule has 1 aromatic carbocycles. The molecular weight excluding hydrogens is 405 g/mol. The van der Waals surface area contributed by atoms with Crippen molar-refractivity contribution in [3.8, 4) is 11.5 Å². The maximum Gasteiger partial charge on any atom is 0.231 e. The van der Waals surface area contributed by atoms with Crippen LogP contribution in [0.15, 0.2) is 23.2 Å². The molecule has 0 radical (unpaired) electrons. The van der Waals surface area contributed by atoms with Crippen LogP contribution in [0.25, 0.3) is 0 Å². The molecule has 0 spiro atoms. The summed E-state index contributed by atoms with van der Waals surface area (Å²) in [5.41, 5.74) is 1.19. The van der Waals surface area contributed by atoms with Crippen molar-refractivity contribution in [2.45, 2.75) is 32.7 Å². The summed E-state index contributed by atoms with van der Waals surface area (Å²) in [6, 6.07) is 6.10. The Morgan fingerprint density at radius 1 is 1.30 bits per heavy atom. The van der Waals surface area contributed by atoms with E-state index in [1.807, 2.05) is 12.1 Å². The zero-order valence-corrected chi connectivity index (χ0v) is 16.2. The normalized spacial score (nSPS) is 16.0. The number of hydrogen-bond donors (Lipinski definition) is 1. The molecule has 0 atom stereocenters. The predicted octanol–water partition coefficient (Wildman–Crippen LogP) is 3.23. The number of fused-ring (bicyclic) bond motifs is 1. The standard InChI is InChI=1S/C17H25N3O2.HI/c1-3-18-17(19-9-8-13-4-5-13)20(2)11-14-6-7-15-16(10-14)22-12-21-15;/h6-7,10,13H,3-5,8-9,11-12H2,1-2H3,(H,18,19);1H. The molecule has 1 heterocycles. The number of hydrogen-bond acceptors (Lipinski definition) is 3. The van der Waals surface area contributed by atoms with Crippen molar-refractivity contribution in [1.82, 2.24) is 10.2 Å². The minimum Gasteiger partial charge on any atom is -0.454 e. The molecule has 1 fully saturated rings. The van der Waals surface area contributed by atoms with Gasteiger partial charge in [0.1, 0.15) is 0 Å². The maximum absolute atomic E-state index is 5.44. The van der Waals surface area contributed by atoms with E-state index in [9.17, 15) is 0 Å². The Bertz CT molecular complexity index is 547. The van der Waals surface area contributed by atoms with Crippen LogP contribution in [0.3, 0.4) is 0 Å². The summed E-state index contributed by atoms with van der Waals surface area (Å²) in [5, 5.41) is 3.37. The fourth-order valence-electron chi connectivity index (χ4n) is 2.62. The molecule has 1 N–H and O–H groups in total. The van der Waals surface area contributed by atoms with Crippen LogP contribution in [0.2, 0.25) is 0 Å². The van der Waals surface area contributed by atoms with E-state index < -0.39 is 0 Å². The van der Waals surface area contributed by atoms with Gasteiger partial charge in [-0.15, -0.1) is 24.0 Å². The van der Waals surface area contributed by atoms with Gasteiger partial charge in [0.15, 0.2) is 17.5 Å². The van der Waals surface area contributed by atoms with Gasteiger partial charge in [0.25, 0.3) is 0 Å². The van der Waals surface area contributed by atoms with Crippen LogP contribution in [0, 0.1) is 5.92 Å². The third kappa shape index (κ3) is 5.16. The van der Waals surface area contributed by atoms with Crippen LogP contribution >= 0.6 is 24.0 Å². The second kappa shape index (κ2) is 8.61. The third-order valence-corrected chi connectivity index (χ3v) is 4.05. The average Bonchev–Trinajstić information content (AvgIpc) is 3.22. The Balaban J connectivity index is 0.00000192. The molecular formula is C17H26IN3O2. The molecule has 0 aromatic heterocycles. The molecule has 23 heavy (non-hydrogen) atoms. The lowest BCUT2D eigenvalue weighted by atomic mass is 10.2. The summed E-state index contributed by atoms with van der Waals surface area (Å²) in [4.78, 5) is 6.90. The Morgan fingerprint density at radius 2 is 2.09 bits per heavy atom. The van der Waals surface area contributed by atoms with Crippen molar-refractivity contribution in [1.29, 1.82) is 0 Å². The maximum atomic E-state index is 5.44. The smallest absolute Gasteiger partial charge is 0.231 e. The molecule has 3 rings (SSSR count). The Morgan fingerprint density at radius 3 is 2.83 bits per heavy atom. The lowest BCUT2D eigenvalue weighted by molar-refractivity contribution is 0.174. The first kappa shape index (κ1) is 18.2. The molecule has 0 saturated heterocycles. The lowest BCUT2D eigenvalue weighted by Gasteiger charge is -2.22.